The van der Waals surface area contributed by atoms with Crippen molar-refractivity contribution < 1.29 is 19.0 Å². The lowest BCUT2D eigenvalue weighted by Crippen LogP contribution is -2.17. The topological polar surface area (TPSA) is 69.7 Å². The Balaban J connectivity index is 1.43. The number of aromatic nitrogens is 1. The molecule has 2 heterocycles. The van der Waals surface area contributed by atoms with E-state index < -0.39 is 0 Å². The highest BCUT2D eigenvalue weighted by molar-refractivity contribution is 7.13. The number of amides is 1. The normalized spacial score (nSPS) is 12.5. The van der Waals surface area contributed by atoms with Crippen LogP contribution in [0.3, 0.4) is 0 Å². The quantitative estimate of drug-likeness (QED) is 0.677. The lowest BCUT2D eigenvalue weighted by atomic mass is 10.2. The molecule has 1 aliphatic rings. The summed E-state index contributed by atoms with van der Waals surface area (Å²) < 4.78 is 16.7. The molecule has 0 unspecified atom stereocenters. The number of fused-ring (bicyclic) bond motifs is 1. The van der Waals surface area contributed by atoms with Crippen molar-refractivity contribution in [2.24, 2.45) is 0 Å². The van der Waals surface area contributed by atoms with Gasteiger partial charge in [-0.25, -0.2) is 4.98 Å². The van der Waals surface area contributed by atoms with Gasteiger partial charge in [-0.15, -0.1) is 11.3 Å². The molecular formula is C21H20N2O4S. The molecule has 2 aromatic carbocycles. The summed E-state index contributed by atoms with van der Waals surface area (Å²) in [6.45, 7) is 3.59. The lowest BCUT2D eigenvalue weighted by Gasteiger charge is -2.18. The lowest BCUT2D eigenvalue weighted by molar-refractivity contribution is -0.115. The van der Waals surface area contributed by atoms with Gasteiger partial charge >= 0.3 is 0 Å². The number of benzene rings is 2. The Kier molecular flexibility index (Phi) is 5.43. The molecule has 0 fully saturated rings. The molecule has 7 heteroatoms. The molecule has 3 aromatic rings. The first kappa shape index (κ1) is 18.3. The second-order valence-corrected chi connectivity index (χ2v) is 7.01. The predicted octanol–water partition coefficient (Wildman–Crippen LogP) is 4.16. The van der Waals surface area contributed by atoms with Crippen LogP contribution in [0.5, 0.6) is 17.2 Å². The fraction of sp³-hybridized carbons (Fsp3) is 0.238. The molecule has 144 valence electrons. The first-order valence-electron chi connectivity index (χ1n) is 9.09. The second-order valence-electron chi connectivity index (χ2n) is 6.16. The van der Waals surface area contributed by atoms with Crippen LogP contribution >= 0.6 is 11.3 Å². The van der Waals surface area contributed by atoms with Crippen LogP contribution in [-0.4, -0.2) is 30.7 Å². The first-order chi connectivity index (χ1) is 13.7. The van der Waals surface area contributed by atoms with Crippen LogP contribution < -0.4 is 19.5 Å². The molecule has 1 N–H and O–H groups in total. The molecule has 6 nitrogen and oxygen atoms in total. The molecule has 0 radical (unpaired) electrons. The highest BCUT2D eigenvalue weighted by Gasteiger charge is 2.15. The summed E-state index contributed by atoms with van der Waals surface area (Å²) in [6.07, 6.45) is 0.196. The fourth-order valence-electron chi connectivity index (χ4n) is 2.93. The van der Waals surface area contributed by atoms with Crippen molar-refractivity contribution in [3.63, 3.8) is 0 Å². The molecule has 1 aliphatic heterocycles. The smallest absolute Gasteiger partial charge is 0.230 e. The van der Waals surface area contributed by atoms with Gasteiger partial charge in [0, 0.05) is 17.1 Å². The Bertz CT molecular complexity index is 986. The summed E-state index contributed by atoms with van der Waals surface area (Å²) in [6, 6.07) is 13.2. The van der Waals surface area contributed by atoms with E-state index >= 15 is 0 Å². The van der Waals surface area contributed by atoms with Crippen molar-refractivity contribution in [3.05, 3.63) is 53.5 Å². The van der Waals surface area contributed by atoms with Gasteiger partial charge in [0.1, 0.15) is 24.0 Å². The zero-order valence-electron chi connectivity index (χ0n) is 15.4. The highest BCUT2D eigenvalue weighted by Crippen LogP contribution is 2.33. The average Bonchev–Trinajstić information content (AvgIpc) is 3.16. The molecule has 0 spiro atoms. The molecule has 1 aromatic heterocycles. The van der Waals surface area contributed by atoms with E-state index in [9.17, 15) is 4.79 Å². The monoisotopic (exact) mass is 396 g/mol. The number of carbonyl (C=O) groups excluding carboxylic acids is 1. The molecular weight excluding hydrogens is 376 g/mol. The van der Waals surface area contributed by atoms with Crippen LogP contribution in [-0.2, 0) is 11.2 Å². The van der Waals surface area contributed by atoms with E-state index in [0.717, 1.165) is 22.0 Å². The molecule has 1 amide bonds. The van der Waals surface area contributed by atoms with Crippen LogP contribution in [0.2, 0.25) is 0 Å². The van der Waals surface area contributed by atoms with E-state index in [-0.39, 0.29) is 12.3 Å². The van der Waals surface area contributed by atoms with Gasteiger partial charge < -0.3 is 19.5 Å². The minimum absolute atomic E-state index is 0.133. The van der Waals surface area contributed by atoms with E-state index in [1.54, 1.807) is 18.2 Å². The number of carbonyl (C=O) groups is 1. The largest absolute Gasteiger partial charge is 0.493 e. The minimum atomic E-state index is -0.133. The van der Waals surface area contributed by atoms with Crippen molar-refractivity contribution in [3.8, 4) is 27.8 Å². The molecule has 28 heavy (non-hydrogen) atoms. The van der Waals surface area contributed by atoms with E-state index in [2.05, 4.69) is 10.3 Å². The zero-order chi connectivity index (χ0) is 19.3. The van der Waals surface area contributed by atoms with Gasteiger partial charge in [0.2, 0.25) is 5.91 Å². The summed E-state index contributed by atoms with van der Waals surface area (Å²) in [5, 5.41) is 5.63. The Morgan fingerprint density at radius 2 is 2.00 bits per heavy atom. The van der Waals surface area contributed by atoms with Gasteiger partial charge in [0.05, 0.1) is 24.3 Å². The number of anilines is 1. The number of para-hydroxylation sites is 1. The van der Waals surface area contributed by atoms with Crippen LogP contribution in [0.4, 0.5) is 5.69 Å². The number of hydrogen-bond donors (Lipinski definition) is 1. The number of thiazole rings is 1. The molecule has 0 bridgehead atoms. The Morgan fingerprint density at radius 1 is 1.18 bits per heavy atom. The van der Waals surface area contributed by atoms with Crippen LogP contribution in [0, 0.1) is 0 Å². The highest BCUT2D eigenvalue weighted by atomic mass is 32.1. The third kappa shape index (κ3) is 4.09. The van der Waals surface area contributed by atoms with Gasteiger partial charge in [-0.1, -0.05) is 12.1 Å². The zero-order valence-corrected chi connectivity index (χ0v) is 16.3. The third-order valence-corrected chi connectivity index (χ3v) is 5.06. The van der Waals surface area contributed by atoms with E-state index in [1.807, 2.05) is 36.6 Å². The Labute approximate surface area is 167 Å². The number of hydrogen-bond acceptors (Lipinski definition) is 6. The minimum Gasteiger partial charge on any atom is -0.493 e. The standard InChI is InChI=1S/C21H20N2O4S/c1-2-25-17-6-4-3-5-16(17)21-23-15(13-28-21)12-20(24)22-14-7-8-18-19(11-14)27-10-9-26-18/h3-8,11,13H,2,9-10,12H2,1H3,(H,22,24). The molecule has 4 rings (SSSR count). The van der Waals surface area contributed by atoms with Crippen LogP contribution in [0.15, 0.2) is 47.8 Å². The summed E-state index contributed by atoms with van der Waals surface area (Å²) in [5.74, 6) is 2.01. The summed E-state index contributed by atoms with van der Waals surface area (Å²) in [7, 11) is 0. The van der Waals surface area contributed by atoms with E-state index in [1.165, 1.54) is 11.3 Å². The molecule has 0 aliphatic carbocycles. The van der Waals surface area contributed by atoms with Crippen molar-refractivity contribution in [2.75, 3.05) is 25.1 Å². The maximum absolute atomic E-state index is 12.4. The van der Waals surface area contributed by atoms with Crippen molar-refractivity contribution in [1.29, 1.82) is 0 Å². The van der Waals surface area contributed by atoms with Gasteiger partial charge in [-0.3, -0.25) is 4.79 Å². The van der Waals surface area contributed by atoms with Crippen LogP contribution in [0.25, 0.3) is 10.6 Å². The van der Waals surface area contributed by atoms with Crippen LogP contribution in [0.1, 0.15) is 12.6 Å². The van der Waals surface area contributed by atoms with Crippen molar-refractivity contribution in [2.45, 2.75) is 13.3 Å². The SMILES string of the molecule is CCOc1ccccc1-c1nc(CC(=O)Nc2ccc3c(c2)OCCO3)cs1. The van der Waals surface area contributed by atoms with E-state index in [0.29, 0.717) is 37.0 Å². The fourth-order valence-corrected chi connectivity index (χ4v) is 3.78. The number of nitrogens with one attached hydrogen (secondary N) is 1. The summed E-state index contributed by atoms with van der Waals surface area (Å²) >= 11 is 1.50. The first-order valence-corrected chi connectivity index (χ1v) is 9.97. The maximum atomic E-state index is 12.4. The second kappa shape index (κ2) is 8.31. The number of nitrogens with zero attached hydrogens (tertiary/aromatic N) is 1. The predicted molar refractivity (Wildman–Crippen MR) is 108 cm³/mol. The Morgan fingerprint density at radius 3 is 2.86 bits per heavy atom. The van der Waals surface area contributed by atoms with Crippen molar-refractivity contribution in [1.82, 2.24) is 4.98 Å². The third-order valence-electron chi connectivity index (χ3n) is 4.14. The maximum Gasteiger partial charge on any atom is 0.230 e. The van der Waals surface area contributed by atoms with Gasteiger partial charge in [0.15, 0.2) is 11.5 Å². The average molecular weight is 396 g/mol. The molecule has 0 saturated heterocycles. The summed E-state index contributed by atoms with van der Waals surface area (Å²) in [4.78, 5) is 17.0. The van der Waals surface area contributed by atoms with Gasteiger partial charge in [-0.05, 0) is 31.2 Å². The molecule has 0 saturated carbocycles. The van der Waals surface area contributed by atoms with Crippen molar-refractivity contribution >= 4 is 22.9 Å². The summed E-state index contributed by atoms with van der Waals surface area (Å²) in [5.41, 5.74) is 2.33. The van der Waals surface area contributed by atoms with Gasteiger partial charge in [-0.2, -0.15) is 0 Å². The number of ether oxygens (including phenoxy) is 3. The molecule has 0 atom stereocenters. The Hall–Kier alpha value is -3.06. The van der Waals surface area contributed by atoms with Gasteiger partial charge in [0.25, 0.3) is 0 Å². The van der Waals surface area contributed by atoms with E-state index in [4.69, 9.17) is 14.2 Å². The number of rotatable bonds is 6.